The molecular formula is C17H18F16. The molecular weight excluding hydrogens is 508 g/mol. The number of unbranched alkanes of at least 4 members (excludes halogenated alkanes) is 3. The first-order valence-corrected chi connectivity index (χ1v) is 9.03. The number of alkyl halides is 16. The van der Waals surface area contributed by atoms with Gasteiger partial charge in [0.05, 0.1) is 0 Å². The molecule has 0 heterocycles. The summed E-state index contributed by atoms with van der Waals surface area (Å²) in [6.45, 7) is 1.95. The van der Waals surface area contributed by atoms with Crippen molar-refractivity contribution in [3.05, 3.63) is 12.2 Å². The van der Waals surface area contributed by atoms with E-state index in [1.165, 1.54) is 6.92 Å². The van der Waals surface area contributed by atoms with Gasteiger partial charge in [-0.3, -0.25) is 0 Å². The van der Waals surface area contributed by atoms with Crippen molar-refractivity contribution in [2.45, 2.75) is 93.3 Å². The molecule has 0 aliphatic rings. The first-order valence-electron chi connectivity index (χ1n) is 9.03. The van der Waals surface area contributed by atoms with Gasteiger partial charge in [0.15, 0.2) is 0 Å². The van der Waals surface area contributed by atoms with Gasteiger partial charge in [0.25, 0.3) is 0 Å². The molecule has 0 aliphatic carbocycles. The van der Waals surface area contributed by atoms with Crippen LogP contribution in [0.25, 0.3) is 0 Å². The summed E-state index contributed by atoms with van der Waals surface area (Å²) in [5, 5.41) is 0. The third-order valence-electron chi connectivity index (χ3n) is 4.57. The summed E-state index contributed by atoms with van der Waals surface area (Å²) >= 11 is 0. The van der Waals surface area contributed by atoms with Gasteiger partial charge in [-0.1, -0.05) is 32.3 Å². The Kier molecular flexibility index (Phi) is 8.95. The summed E-state index contributed by atoms with van der Waals surface area (Å²) in [6.07, 6.45) is -4.56. The standard InChI is InChI=1S/C17H18F16/c1-3-5-6-7-9-11(20,21)13(24,25)15(28,29)17(32,33)16(30,31)14(26,27)12(22,23)10(18,19)8-4-2/h4,8H,3,5-7,9H2,1-2H3/b8-4+. The maximum absolute atomic E-state index is 13.7. The molecule has 0 amide bonds. The lowest BCUT2D eigenvalue weighted by Crippen LogP contribution is -2.74. The summed E-state index contributed by atoms with van der Waals surface area (Å²) in [4.78, 5) is 0. The van der Waals surface area contributed by atoms with E-state index in [1.54, 1.807) is 0 Å². The fraction of sp³-hybridized carbons (Fsp3) is 0.882. The van der Waals surface area contributed by atoms with Crippen molar-refractivity contribution in [3.63, 3.8) is 0 Å². The van der Waals surface area contributed by atoms with Crippen molar-refractivity contribution in [2.75, 3.05) is 0 Å². The Balaban J connectivity index is 6.50. The van der Waals surface area contributed by atoms with E-state index in [9.17, 15) is 70.2 Å². The molecule has 198 valence electrons. The number of hydrogen-bond acceptors (Lipinski definition) is 0. The second kappa shape index (κ2) is 9.34. The highest BCUT2D eigenvalue weighted by Gasteiger charge is 2.94. The Morgan fingerprint density at radius 1 is 0.485 bits per heavy atom. The molecule has 0 aromatic rings. The van der Waals surface area contributed by atoms with Crippen LogP contribution >= 0.6 is 0 Å². The first kappa shape index (κ1) is 31.6. The zero-order valence-electron chi connectivity index (χ0n) is 16.7. The van der Waals surface area contributed by atoms with Crippen molar-refractivity contribution in [1.82, 2.24) is 0 Å². The number of rotatable bonds is 13. The molecule has 0 fully saturated rings. The summed E-state index contributed by atoms with van der Waals surface area (Å²) < 4.78 is 217. The summed E-state index contributed by atoms with van der Waals surface area (Å²) in [5.74, 6) is -60.5. The molecule has 0 aromatic heterocycles. The second-order valence-electron chi connectivity index (χ2n) is 7.08. The smallest absolute Gasteiger partial charge is 0.200 e. The minimum atomic E-state index is -8.36. The van der Waals surface area contributed by atoms with Gasteiger partial charge in [0, 0.05) is 6.42 Å². The highest BCUT2D eigenvalue weighted by atomic mass is 19.4. The molecule has 0 aliphatic heterocycles. The third kappa shape index (κ3) is 4.76. The molecule has 0 nitrogen and oxygen atoms in total. The van der Waals surface area contributed by atoms with Gasteiger partial charge >= 0.3 is 47.4 Å². The van der Waals surface area contributed by atoms with E-state index in [4.69, 9.17) is 0 Å². The minimum Gasteiger partial charge on any atom is -0.200 e. The first-order chi connectivity index (χ1) is 14.4. The lowest BCUT2D eigenvalue weighted by molar-refractivity contribution is -0.451. The van der Waals surface area contributed by atoms with Gasteiger partial charge in [0.1, 0.15) is 0 Å². The molecule has 0 spiro atoms. The van der Waals surface area contributed by atoms with Gasteiger partial charge in [0.2, 0.25) is 0 Å². The number of allylic oxidation sites excluding steroid dienone is 2. The number of hydrogen-bond donors (Lipinski definition) is 0. The predicted octanol–water partition coefficient (Wildman–Crippen LogP) is 8.62. The topological polar surface area (TPSA) is 0 Å². The lowest BCUT2D eigenvalue weighted by atomic mass is 9.86. The molecule has 0 N–H and O–H groups in total. The highest BCUT2D eigenvalue weighted by molar-refractivity contribution is 5.18. The van der Waals surface area contributed by atoms with Gasteiger partial charge < -0.3 is 0 Å². The van der Waals surface area contributed by atoms with Crippen LogP contribution in [0.4, 0.5) is 70.2 Å². The Hall–Kier alpha value is -1.38. The molecule has 16 heteroatoms. The summed E-state index contributed by atoms with van der Waals surface area (Å²) in [5.41, 5.74) is 0. The van der Waals surface area contributed by atoms with E-state index in [2.05, 4.69) is 0 Å². The SMILES string of the molecule is C/C=C/C(F)(F)C(F)(F)C(F)(F)C(F)(F)C(F)(F)C(F)(F)C(F)(F)C(F)(F)CCCCCC. The van der Waals surface area contributed by atoms with Crippen molar-refractivity contribution in [2.24, 2.45) is 0 Å². The van der Waals surface area contributed by atoms with Crippen molar-refractivity contribution >= 4 is 0 Å². The largest absolute Gasteiger partial charge is 0.385 e. The van der Waals surface area contributed by atoms with E-state index in [0.717, 1.165) is 0 Å². The van der Waals surface area contributed by atoms with Crippen LogP contribution in [0, 0.1) is 0 Å². The zero-order valence-corrected chi connectivity index (χ0v) is 16.7. The van der Waals surface area contributed by atoms with Gasteiger partial charge in [-0.2, -0.15) is 70.2 Å². The quantitative estimate of drug-likeness (QED) is 0.128. The molecule has 0 atom stereocenters. The van der Waals surface area contributed by atoms with Crippen molar-refractivity contribution < 1.29 is 70.2 Å². The molecule has 0 radical (unpaired) electrons. The molecule has 0 saturated carbocycles. The van der Waals surface area contributed by atoms with Crippen LogP contribution in [0.1, 0.15) is 46.0 Å². The van der Waals surface area contributed by atoms with Crippen LogP contribution in [0.15, 0.2) is 12.2 Å². The van der Waals surface area contributed by atoms with Crippen molar-refractivity contribution in [1.29, 1.82) is 0 Å². The Bertz CT molecular complexity index is 677. The third-order valence-corrected chi connectivity index (χ3v) is 4.57. The zero-order chi connectivity index (χ0) is 26.9. The van der Waals surface area contributed by atoms with Crippen LogP contribution in [0.5, 0.6) is 0 Å². The van der Waals surface area contributed by atoms with E-state index >= 15 is 0 Å². The molecule has 33 heavy (non-hydrogen) atoms. The monoisotopic (exact) mass is 526 g/mol. The molecule has 0 aromatic carbocycles. The fourth-order valence-corrected chi connectivity index (χ4v) is 2.47. The van der Waals surface area contributed by atoms with E-state index in [-0.39, 0.29) is 18.9 Å². The molecule has 0 unspecified atom stereocenters. The van der Waals surface area contributed by atoms with E-state index < -0.39 is 66.3 Å². The fourth-order valence-electron chi connectivity index (χ4n) is 2.47. The molecule has 0 bridgehead atoms. The Labute approximate surface area is 177 Å². The summed E-state index contributed by atoms with van der Waals surface area (Å²) in [6, 6.07) is 0. The van der Waals surface area contributed by atoms with Crippen molar-refractivity contribution in [3.8, 4) is 0 Å². The second-order valence-corrected chi connectivity index (χ2v) is 7.08. The Morgan fingerprint density at radius 3 is 1.21 bits per heavy atom. The van der Waals surface area contributed by atoms with Gasteiger partial charge in [-0.25, -0.2) is 0 Å². The maximum Gasteiger partial charge on any atom is 0.385 e. The van der Waals surface area contributed by atoms with Crippen LogP contribution in [0.3, 0.4) is 0 Å². The predicted molar refractivity (Wildman–Crippen MR) is 83.1 cm³/mol. The number of halogens is 16. The average molecular weight is 526 g/mol. The van der Waals surface area contributed by atoms with Gasteiger partial charge in [-0.05, 0) is 19.4 Å². The maximum atomic E-state index is 13.7. The van der Waals surface area contributed by atoms with Crippen LogP contribution < -0.4 is 0 Å². The minimum absolute atomic E-state index is 0.0774. The molecule has 0 rings (SSSR count). The van der Waals surface area contributed by atoms with E-state index in [0.29, 0.717) is 13.3 Å². The Morgan fingerprint density at radius 2 is 0.848 bits per heavy atom. The van der Waals surface area contributed by atoms with Crippen LogP contribution in [-0.2, 0) is 0 Å². The van der Waals surface area contributed by atoms with Crippen LogP contribution in [-0.4, -0.2) is 47.4 Å². The van der Waals surface area contributed by atoms with Crippen LogP contribution in [0.2, 0.25) is 0 Å². The normalized spacial score (nSPS) is 16.1. The summed E-state index contributed by atoms with van der Waals surface area (Å²) in [7, 11) is 0. The highest BCUT2D eigenvalue weighted by Crippen LogP contribution is 2.64. The lowest BCUT2D eigenvalue weighted by Gasteiger charge is -2.43. The van der Waals surface area contributed by atoms with Gasteiger partial charge in [-0.15, -0.1) is 0 Å². The van der Waals surface area contributed by atoms with E-state index in [1.807, 2.05) is 0 Å². The molecule has 0 saturated heterocycles. The average Bonchev–Trinajstić information content (AvgIpc) is 2.64.